The lowest BCUT2D eigenvalue weighted by Crippen LogP contribution is -2.28. The van der Waals surface area contributed by atoms with E-state index in [0.717, 1.165) is 15.8 Å². The lowest BCUT2D eigenvalue weighted by molar-refractivity contribution is 0.186. The number of hydrogen-bond donors (Lipinski definition) is 0. The Morgan fingerprint density at radius 1 is 1.07 bits per heavy atom. The SMILES string of the molecule is COCCn1c(-c2ccccc2C)nc2sc3ccccc3c(=O)c2c1=O. The molecule has 27 heavy (non-hydrogen) atoms. The van der Waals surface area contributed by atoms with E-state index in [1.54, 1.807) is 23.8 Å². The van der Waals surface area contributed by atoms with Gasteiger partial charge in [0.25, 0.3) is 5.56 Å². The van der Waals surface area contributed by atoms with Gasteiger partial charge in [-0.25, -0.2) is 4.98 Å². The maximum Gasteiger partial charge on any atom is 0.266 e. The highest BCUT2D eigenvalue weighted by Gasteiger charge is 2.18. The van der Waals surface area contributed by atoms with Gasteiger partial charge in [0.15, 0.2) is 0 Å². The van der Waals surface area contributed by atoms with Crippen LogP contribution in [0.15, 0.2) is 58.1 Å². The third-order valence-corrected chi connectivity index (χ3v) is 5.67. The zero-order valence-corrected chi connectivity index (χ0v) is 15.9. The lowest BCUT2D eigenvalue weighted by Gasteiger charge is -2.14. The Morgan fingerprint density at radius 3 is 2.59 bits per heavy atom. The van der Waals surface area contributed by atoms with E-state index >= 15 is 0 Å². The molecule has 4 aromatic rings. The van der Waals surface area contributed by atoms with Gasteiger partial charge in [-0.2, -0.15) is 0 Å². The summed E-state index contributed by atoms with van der Waals surface area (Å²) in [5, 5.41) is 0.697. The number of fused-ring (bicyclic) bond motifs is 2. The molecule has 0 saturated carbocycles. The summed E-state index contributed by atoms with van der Waals surface area (Å²) in [5.41, 5.74) is 1.31. The van der Waals surface area contributed by atoms with Crippen molar-refractivity contribution >= 4 is 31.6 Å². The smallest absolute Gasteiger partial charge is 0.266 e. The molecule has 0 amide bonds. The number of rotatable bonds is 4. The van der Waals surface area contributed by atoms with Crippen LogP contribution in [0.4, 0.5) is 0 Å². The van der Waals surface area contributed by atoms with Crippen LogP contribution in [0.25, 0.3) is 31.7 Å². The van der Waals surface area contributed by atoms with Crippen LogP contribution in [0.5, 0.6) is 0 Å². The Balaban J connectivity index is 2.14. The Kier molecular flexibility index (Phi) is 4.59. The molecule has 2 aromatic carbocycles. The zero-order valence-electron chi connectivity index (χ0n) is 15.1. The molecule has 0 atom stereocenters. The van der Waals surface area contributed by atoms with Gasteiger partial charge in [-0.1, -0.05) is 36.4 Å². The van der Waals surface area contributed by atoms with Gasteiger partial charge >= 0.3 is 0 Å². The number of methoxy groups -OCH3 is 1. The average Bonchev–Trinajstić information content (AvgIpc) is 2.67. The maximum atomic E-state index is 13.3. The first-order chi connectivity index (χ1) is 13.1. The lowest BCUT2D eigenvalue weighted by atomic mass is 10.1. The van der Waals surface area contributed by atoms with E-state index in [2.05, 4.69) is 0 Å². The van der Waals surface area contributed by atoms with Crippen molar-refractivity contribution in [3.8, 4) is 11.4 Å². The van der Waals surface area contributed by atoms with Crippen LogP contribution in [0.2, 0.25) is 0 Å². The van der Waals surface area contributed by atoms with Crippen LogP contribution in [0, 0.1) is 6.92 Å². The van der Waals surface area contributed by atoms with Crippen molar-refractivity contribution in [2.75, 3.05) is 13.7 Å². The van der Waals surface area contributed by atoms with Crippen molar-refractivity contribution in [3.05, 3.63) is 74.7 Å². The molecular weight excluding hydrogens is 360 g/mol. The summed E-state index contributed by atoms with van der Waals surface area (Å²) in [6.07, 6.45) is 0. The largest absolute Gasteiger partial charge is 0.383 e. The van der Waals surface area contributed by atoms with Gasteiger partial charge in [-0.05, 0) is 24.6 Å². The van der Waals surface area contributed by atoms with Crippen LogP contribution >= 0.6 is 11.3 Å². The number of ether oxygens (including phenoxy) is 1. The van der Waals surface area contributed by atoms with Crippen molar-refractivity contribution in [3.63, 3.8) is 0 Å². The predicted molar refractivity (Wildman–Crippen MR) is 110 cm³/mol. The molecule has 0 fully saturated rings. The first-order valence-corrected chi connectivity index (χ1v) is 9.45. The molecule has 0 unspecified atom stereocenters. The summed E-state index contributed by atoms with van der Waals surface area (Å²) in [7, 11) is 1.58. The second kappa shape index (κ2) is 7.06. The van der Waals surface area contributed by atoms with E-state index in [1.165, 1.54) is 11.3 Å². The summed E-state index contributed by atoms with van der Waals surface area (Å²) < 4.78 is 7.55. The highest BCUT2D eigenvalue weighted by atomic mass is 32.1. The number of benzene rings is 2. The molecule has 0 aliphatic heterocycles. The second-order valence-corrected chi connectivity index (χ2v) is 7.34. The zero-order chi connectivity index (χ0) is 19.0. The number of hydrogen-bond acceptors (Lipinski definition) is 5. The standard InChI is InChI=1S/C21H18N2O3S/c1-13-7-3-4-8-14(13)19-22-20-17(21(25)23(19)11-12-26-2)18(24)15-9-5-6-10-16(15)27-20/h3-10H,11-12H2,1-2H3. The highest BCUT2D eigenvalue weighted by Crippen LogP contribution is 2.26. The topological polar surface area (TPSA) is 61.2 Å². The number of aromatic nitrogens is 2. The van der Waals surface area contributed by atoms with E-state index in [0.29, 0.717) is 29.2 Å². The molecule has 136 valence electrons. The van der Waals surface area contributed by atoms with Crippen LogP contribution in [-0.4, -0.2) is 23.3 Å². The Labute approximate surface area is 159 Å². The first kappa shape index (κ1) is 17.6. The van der Waals surface area contributed by atoms with Crippen LogP contribution < -0.4 is 11.0 Å². The quantitative estimate of drug-likeness (QED) is 0.509. The molecule has 0 radical (unpaired) electrons. The molecular formula is C21H18N2O3S. The fourth-order valence-electron chi connectivity index (χ4n) is 3.20. The van der Waals surface area contributed by atoms with Crippen molar-refractivity contribution in [2.45, 2.75) is 13.5 Å². The van der Waals surface area contributed by atoms with Crippen molar-refractivity contribution in [1.82, 2.24) is 9.55 Å². The summed E-state index contributed by atoms with van der Waals surface area (Å²) in [4.78, 5) is 31.5. The molecule has 2 aromatic heterocycles. The molecule has 5 nitrogen and oxygen atoms in total. The van der Waals surface area contributed by atoms with E-state index in [9.17, 15) is 9.59 Å². The Morgan fingerprint density at radius 2 is 1.81 bits per heavy atom. The van der Waals surface area contributed by atoms with Crippen LogP contribution in [0.3, 0.4) is 0 Å². The predicted octanol–water partition coefficient (Wildman–Crippen LogP) is 3.59. The fraction of sp³-hybridized carbons (Fsp3) is 0.190. The molecule has 2 heterocycles. The maximum absolute atomic E-state index is 13.3. The summed E-state index contributed by atoms with van der Waals surface area (Å²) >= 11 is 1.37. The highest BCUT2D eigenvalue weighted by molar-refractivity contribution is 7.24. The van der Waals surface area contributed by atoms with Gasteiger partial charge in [-0.3, -0.25) is 14.2 Å². The van der Waals surface area contributed by atoms with Gasteiger partial charge in [0.1, 0.15) is 16.0 Å². The minimum absolute atomic E-state index is 0.145. The molecule has 0 spiro atoms. The minimum atomic E-state index is -0.317. The summed E-state index contributed by atoms with van der Waals surface area (Å²) in [6.45, 7) is 2.67. The van der Waals surface area contributed by atoms with Crippen molar-refractivity contribution < 1.29 is 4.74 Å². The van der Waals surface area contributed by atoms with Gasteiger partial charge in [0.2, 0.25) is 5.43 Å². The molecule has 0 bridgehead atoms. The number of aryl methyl sites for hydroxylation is 1. The van der Waals surface area contributed by atoms with Gasteiger partial charge in [0, 0.05) is 22.8 Å². The van der Waals surface area contributed by atoms with Gasteiger partial charge in [-0.15, -0.1) is 11.3 Å². The Hall–Kier alpha value is -2.83. The molecule has 0 N–H and O–H groups in total. The molecule has 4 rings (SSSR count). The monoisotopic (exact) mass is 378 g/mol. The minimum Gasteiger partial charge on any atom is -0.383 e. The second-order valence-electron chi connectivity index (χ2n) is 6.31. The molecule has 0 aliphatic rings. The summed E-state index contributed by atoms with van der Waals surface area (Å²) in [6, 6.07) is 15.1. The van der Waals surface area contributed by atoms with E-state index < -0.39 is 0 Å². The van der Waals surface area contributed by atoms with Gasteiger partial charge < -0.3 is 4.74 Å². The first-order valence-electron chi connectivity index (χ1n) is 8.63. The molecule has 0 aliphatic carbocycles. The normalized spacial score (nSPS) is 11.3. The van der Waals surface area contributed by atoms with E-state index in [1.807, 2.05) is 43.3 Å². The van der Waals surface area contributed by atoms with Gasteiger partial charge in [0.05, 0.1) is 13.2 Å². The number of nitrogens with zero attached hydrogens (tertiary/aromatic N) is 2. The van der Waals surface area contributed by atoms with Crippen molar-refractivity contribution in [1.29, 1.82) is 0 Å². The van der Waals surface area contributed by atoms with E-state index in [-0.39, 0.29) is 16.4 Å². The fourth-order valence-corrected chi connectivity index (χ4v) is 4.24. The third-order valence-electron chi connectivity index (χ3n) is 4.61. The molecule has 0 saturated heterocycles. The van der Waals surface area contributed by atoms with Crippen molar-refractivity contribution in [2.24, 2.45) is 0 Å². The van der Waals surface area contributed by atoms with Crippen LogP contribution in [-0.2, 0) is 11.3 Å². The van der Waals surface area contributed by atoms with E-state index in [4.69, 9.17) is 9.72 Å². The Bertz CT molecular complexity index is 1270. The molecule has 6 heteroatoms. The average molecular weight is 378 g/mol. The summed E-state index contributed by atoms with van der Waals surface area (Å²) in [5.74, 6) is 0.564. The van der Waals surface area contributed by atoms with Crippen LogP contribution in [0.1, 0.15) is 5.56 Å². The third kappa shape index (κ3) is 2.97.